The third kappa shape index (κ3) is 2.95. The fourth-order valence-corrected chi connectivity index (χ4v) is 1.12. The fraction of sp³-hybridized carbons (Fsp3) is 0.222. The number of carbonyl (C=O) groups is 1. The predicted octanol–water partition coefficient (Wildman–Crippen LogP) is 0.665. The van der Waals surface area contributed by atoms with E-state index in [0.717, 1.165) is 18.8 Å². The van der Waals surface area contributed by atoms with Crippen LogP contribution in [0.25, 0.3) is 0 Å². The minimum absolute atomic E-state index is 0.860. The van der Waals surface area contributed by atoms with Crippen molar-refractivity contribution in [1.82, 2.24) is 5.48 Å². The molecule has 14 heavy (non-hydrogen) atoms. The second kappa shape index (κ2) is 5.08. The number of ether oxygens (including phenoxy) is 1. The quantitative estimate of drug-likeness (QED) is 0.421. The molecule has 76 valence electrons. The molecule has 5 heteroatoms. The number of fused-ring (bicyclic) bond motifs is 1. The zero-order chi connectivity index (χ0) is 10.4. The Balaban J connectivity index is 0.000000171. The lowest BCUT2D eigenvalue weighted by molar-refractivity contribution is 0.169. The number of amides is 2. The number of rotatable bonds is 0. The molecule has 0 unspecified atom stereocenters. The van der Waals surface area contributed by atoms with Crippen LogP contribution in [-0.4, -0.2) is 17.8 Å². The number of primary amides is 1. The minimum Gasteiger partial charge on any atom is -0.493 e. The summed E-state index contributed by atoms with van der Waals surface area (Å²) >= 11 is 0. The van der Waals surface area contributed by atoms with Crippen LogP contribution in [0.4, 0.5) is 4.79 Å². The largest absolute Gasteiger partial charge is 0.493 e. The van der Waals surface area contributed by atoms with Gasteiger partial charge >= 0.3 is 6.03 Å². The Morgan fingerprint density at radius 3 is 2.71 bits per heavy atom. The van der Waals surface area contributed by atoms with Gasteiger partial charge in [-0.15, -0.1) is 0 Å². The molecule has 0 fully saturated rings. The van der Waals surface area contributed by atoms with Gasteiger partial charge in [0.05, 0.1) is 6.61 Å². The molecule has 0 atom stereocenters. The summed E-state index contributed by atoms with van der Waals surface area (Å²) in [5.74, 6) is 1.07. The first kappa shape index (κ1) is 10.3. The lowest BCUT2D eigenvalue weighted by atomic mass is 10.2. The summed E-state index contributed by atoms with van der Waals surface area (Å²) < 4.78 is 5.30. The van der Waals surface area contributed by atoms with Crippen LogP contribution < -0.4 is 16.0 Å². The van der Waals surface area contributed by atoms with Gasteiger partial charge in [0.1, 0.15) is 5.75 Å². The molecule has 1 aliphatic heterocycles. The van der Waals surface area contributed by atoms with Crippen molar-refractivity contribution >= 4 is 6.03 Å². The third-order valence-electron chi connectivity index (χ3n) is 1.71. The Morgan fingerprint density at radius 1 is 1.50 bits per heavy atom. The molecule has 0 saturated heterocycles. The Morgan fingerprint density at radius 2 is 2.14 bits per heavy atom. The highest BCUT2D eigenvalue weighted by atomic mass is 16.5. The van der Waals surface area contributed by atoms with E-state index in [4.69, 9.17) is 9.94 Å². The first-order valence-corrected chi connectivity index (χ1v) is 4.14. The van der Waals surface area contributed by atoms with E-state index in [2.05, 4.69) is 11.8 Å². The van der Waals surface area contributed by atoms with Crippen molar-refractivity contribution in [3.63, 3.8) is 0 Å². The van der Waals surface area contributed by atoms with Crippen molar-refractivity contribution in [1.29, 1.82) is 0 Å². The first-order chi connectivity index (χ1) is 6.74. The van der Waals surface area contributed by atoms with E-state index in [0.29, 0.717) is 0 Å². The molecular weight excluding hydrogens is 184 g/mol. The van der Waals surface area contributed by atoms with Gasteiger partial charge in [-0.1, -0.05) is 18.2 Å². The Hall–Kier alpha value is -1.75. The highest BCUT2D eigenvalue weighted by Crippen LogP contribution is 2.23. The Labute approximate surface area is 81.4 Å². The topological polar surface area (TPSA) is 84.6 Å². The Bertz CT molecular complexity index is 292. The van der Waals surface area contributed by atoms with E-state index < -0.39 is 6.03 Å². The summed E-state index contributed by atoms with van der Waals surface area (Å²) in [5.41, 5.74) is 6.80. The molecule has 0 saturated carbocycles. The second-order valence-electron chi connectivity index (χ2n) is 2.68. The third-order valence-corrected chi connectivity index (χ3v) is 1.71. The molecule has 0 aliphatic carbocycles. The predicted molar refractivity (Wildman–Crippen MR) is 50.1 cm³/mol. The number of hydrogen-bond acceptors (Lipinski definition) is 3. The van der Waals surface area contributed by atoms with Gasteiger partial charge in [0.2, 0.25) is 0 Å². The maximum Gasteiger partial charge on any atom is 0.335 e. The molecule has 1 heterocycles. The van der Waals surface area contributed by atoms with Crippen LogP contribution in [0.1, 0.15) is 5.56 Å². The molecule has 0 bridgehead atoms. The number of benzene rings is 1. The number of carbonyl (C=O) groups excluding carboxylic acids is 1. The van der Waals surface area contributed by atoms with Crippen molar-refractivity contribution in [2.45, 2.75) is 6.42 Å². The monoisotopic (exact) mass is 196 g/mol. The van der Waals surface area contributed by atoms with Crippen LogP contribution in [0.2, 0.25) is 0 Å². The van der Waals surface area contributed by atoms with E-state index in [1.165, 1.54) is 11.0 Å². The summed E-state index contributed by atoms with van der Waals surface area (Å²) in [6, 6.07) is 7.24. The summed E-state index contributed by atoms with van der Waals surface area (Å²) in [6.07, 6.45) is 1.08. The zero-order valence-electron chi connectivity index (χ0n) is 7.56. The van der Waals surface area contributed by atoms with Gasteiger partial charge in [-0.05, 0) is 11.6 Å². The van der Waals surface area contributed by atoms with Crippen LogP contribution in [0.15, 0.2) is 24.3 Å². The summed E-state index contributed by atoms with van der Waals surface area (Å²) in [4.78, 5) is 9.23. The molecular formula is C9H12N2O3. The van der Waals surface area contributed by atoms with Gasteiger partial charge in [-0.25, -0.2) is 10.3 Å². The number of hydrogen-bond donors (Lipinski definition) is 3. The number of hydroxylamine groups is 1. The summed E-state index contributed by atoms with van der Waals surface area (Å²) in [5, 5.41) is 7.42. The van der Waals surface area contributed by atoms with Crippen molar-refractivity contribution in [3.05, 3.63) is 29.8 Å². The number of urea groups is 1. The van der Waals surface area contributed by atoms with Gasteiger partial charge in [0.15, 0.2) is 0 Å². The molecule has 2 rings (SSSR count). The molecule has 0 radical (unpaired) electrons. The van der Waals surface area contributed by atoms with E-state index in [1.54, 1.807) is 0 Å². The van der Waals surface area contributed by atoms with Crippen LogP contribution in [0.3, 0.4) is 0 Å². The highest BCUT2D eigenvalue weighted by molar-refractivity contribution is 5.69. The molecule has 0 aromatic heterocycles. The van der Waals surface area contributed by atoms with Gasteiger partial charge in [0, 0.05) is 6.42 Å². The lowest BCUT2D eigenvalue weighted by Gasteiger charge is -1.93. The molecule has 0 spiro atoms. The van der Waals surface area contributed by atoms with E-state index >= 15 is 0 Å². The Kier molecular flexibility index (Phi) is 3.75. The van der Waals surface area contributed by atoms with E-state index in [9.17, 15) is 4.79 Å². The van der Waals surface area contributed by atoms with Crippen LogP contribution in [-0.2, 0) is 6.42 Å². The average Bonchev–Trinajstić information content (AvgIpc) is 2.66. The number of nitrogens with two attached hydrogens (primary N) is 1. The zero-order valence-corrected chi connectivity index (χ0v) is 7.56. The first-order valence-electron chi connectivity index (χ1n) is 4.14. The summed E-state index contributed by atoms with van der Waals surface area (Å²) in [7, 11) is 0. The van der Waals surface area contributed by atoms with Crippen LogP contribution >= 0.6 is 0 Å². The molecule has 5 nitrogen and oxygen atoms in total. The maximum atomic E-state index is 9.23. The number of nitrogens with one attached hydrogen (secondary N) is 1. The van der Waals surface area contributed by atoms with Gasteiger partial charge in [-0.3, -0.25) is 5.21 Å². The van der Waals surface area contributed by atoms with Gasteiger partial charge < -0.3 is 10.5 Å². The second-order valence-corrected chi connectivity index (χ2v) is 2.68. The normalized spacial score (nSPS) is 11.8. The van der Waals surface area contributed by atoms with Crippen LogP contribution in [0, 0.1) is 0 Å². The van der Waals surface area contributed by atoms with E-state index in [-0.39, 0.29) is 0 Å². The van der Waals surface area contributed by atoms with E-state index in [1.807, 2.05) is 18.2 Å². The molecule has 2 amide bonds. The van der Waals surface area contributed by atoms with Gasteiger partial charge in [-0.2, -0.15) is 0 Å². The summed E-state index contributed by atoms with van der Waals surface area (Å²) in [6.45, 7) is 0.860. The molecule has 1 aromatic rings. The van der Waals surface area contributed by atoms with Gasteiger partial charge in [0.25, 0.3) is 0 Å². The van der Waals surface area contributed by atoms with Crippen molar-refractivity contribution < 1.29 is 14.7 Å². The average molecular weight is 196 g/mol. The standard InChI is InChI=1S/C8H8O.CH4N2O2/c1-2-4-8-7(3-1)5-6-9-8;2-1(4)3-5/h1-4H,5-6H2;5H,(H3,2,3,4). The highest BCUT2D eigenvalue weighted by Gasteiger charge is 2.08. The maximum absolute atomic E-state index is 9.23. The van der Waals surface area contributed by atoms with Crippen LogP contribution in [0.5, 0.6) is 5.75 Å². The van der Waals surface area contributed by atoms with Crippen molar-refractivity contribution in [3.8, 4) is 5.75 Å². The molecule has 1 aliphatic rings. The lowest BCUT2D eigenvalue weighted by Crippen LogP contribution is -2.25. The smallest absolute Gasteiger partial charge is 0.335 e. The SMILES string of the molecule is NC(=O)NO.c1ccc2c(c1)CCO2. The fourth-order valence-electron chi connectivity index (χ4n) is 1.12. The molecule has 1 aromatic carbocycles. The minimum atomic E-state index is -0.940. The van der Waals surface area contributed by atoms with Crippen molar-refractivity contribution in [2.75, 3.05) is 6.61 Å². The molecule has 4 N–H and O–H groups in total. The number of para-hydroxylation sites is 1. The van der Waals surface area contributed by atoms with Crippen molar-refractivity contribution in [2.24, 2.45) is 5.73 Å².